The first-order chi connectivity index (χ1) is 17.0. The molecule has 0 radical (unpaired) electrons. The number of alkyl halides is 14. The molecular weight excluding hydrogens is 562 g/mol. The van der Waals surface area contributed by atoms with Crippen molar-refractivity contribution in [3.05, 3.63) is 35.4 Å². The quantitative estimate of drug-likeness (QED) is 0.285. The van der Waals surface area contributed by atoms with Crippen LogP contribution in [0.25, 0.3) is 10.8 Å². The van der Waals surface area contributed by atoms with E-state index in [0.717, 1.165) is 38.5 Å². The normalized spacial score (nSPS) is 13.4. The van der Waals surface area contributed by atoms with Gasteiger partial charge in [-0.1, -0.05) is 11.8 Å². The van der Waals surface area contributed by atoms with Crippen molar-refractivity contribution < 1.29 is 70.9 Å². The van der Waals surface area contributed by atoms with Crippen LogP contribution in [0.15, 0.2) is 24.3 Å². The van der Waals surface area contributed by atoms with Crippen molar-refractivity contribution in [1.82, 2.24) is 0 Å². The van der Waals surface area contributed by atoms with Crippen LogP contribution in [0.5, 0.6) is 11.5 Å². The summed E-state index contributed by atoms with van der Waals surface area (Å²) >= 11 is 0. The number of halogens is 14. The minimum atomic E-state index is -6.66. The van der Waals surface area contributed by atoms with Crippen molar-refractivity contribution in [2.75, 3.05) is 14.2 Å². The molecule has 0 aliphatic heterocycles. The second-order valence-corrected chi connectivity index (χ2v) is 7.25. The molecule has 2 aromatic carbocycles. The Labute approximate surface area is 203 Å². The maximum absolute atomic E-state index is 13.6. The van der Waals surface area contributed by atoms with Crippen molar-refractivity contribution in [1.29, 1.82) is 0 Å². The van der Waals surface area contributed by atoms with Crippen LogP contribution in [-0.2, 0) is 0 Å². The lowest BCUT2D eigenvalue weighted by molar-refractivity contribution is -0.339. The van der Waals surface area contributed by atoms with Gasteiger partial charge >= 0.3 is 36.0 Å². The van der Waals surface area contributed by atoms with Gasteiger partial charge in [0.2, 0.25) is 0 Å². The third-order valence-corrected chi connectivity index (χ3v) is 4.69. The van der Waals surface area contributed by atoms with Gasteiger partial charge in [-0.15, -0.1) is 0 Å². The molecule has 0 heterocycles. The van der Waals surface area contributed by atoms with E-state index >= 15 is 0 Å². The summed E-state index contributed by atoms with van der Waals surface area (Å²) in [5.41, 5.74) is -1.42. The second-order valence-electron chi connectivity index (χ2n) is 7.25. The molecule has 2 nitrogen and oxygen atoms in total. The standard InChI is InChI=1S/C22H10F14O2/c1-37-15-9-14-10-16(38-2)12(4-6-18(25,26)20(29,30)22(34,35)36)8-13(14)7-11(15)3-5-17(23,24)19(27,28)21(31,32)33/h7-10H,1-2H3. The first-order valence-corrected chi connectivity index (χ1v) is 9.43. The summed E-state index contributed by atoms with van der Waals surface area (Å²) in [6, 6.07) is 3.45. The smallest absolute Gasteiger partial charge is 0.461 e. The van der Waals surface area contributed by atoms with E-state index in [2.05, 4.69) is 0 Å². The Morgan fingerprint density at radius 3 is 1.05 bits per heavy atom. The Kier molecular flexibility index (Phi) is 7.77. The van der Waals surface area contributed by atoms with Crippen LogP contribution in [0.1, 0.15) is 11.1 Å². The average molecular weight is 572 g/mol. The van der Waals surface area contributed by atoms with E-state index < -0.39 is 58.7 Å². The number of hydrogen-bond acceptors (Lipinski definition) is 2. The maximum Gasteiger partial charge on any atom is 0.461 e. The summed E-state index contributed by atoms with van der Waals surface area (Å²) in [7, 11) is 1.88. The number of fused-ring (bicyclic) bond motifs is 1. The van der Waals surface area contributed by atoms with Crippen molar-refractivity contribution in [2.45, 2.75) is 36.0 Å². The molecule has 0 saturated carbocycles. The van der Waals surface area contributed by atoms with Gasteiger partial charge in [-0.05, 0) is 46.9 Å². The molecule has 16 heteroatoms. The number of hydrogen-bond donors (Lipinski definition) is 0. The minimum absolute atomic E-state index is 0.00885. The van der Waals surface area contributed by atoms with Crippen molar-refractivity contribution in [2.24, 2.45) is 0 Å². The van der Waals surface area contributed by atoms with E-state index in [1.54, 1.807) is 0 Å². The topological polar surface area (TPSA) is 18.5 Å². The van der Waals surface area contributed by atoms with Crippen molar-refractivity contribution in [3.8, 4) is 35.2 Å². The Morgan fingerprint density at radius 1 is 0.500 bits per heavy atom. The molecule has 0 unspecified atom stereocenters. The molecule has 0 fully saturated rings. The lowest BCUT2D eigenvalue weighted by Crippen LogP contribution is -2.51. The summed E-state index contributed by atoms with van der Waals surface area (Å²) in [4.78, 5) is 0. The maximum atomic E-state index is 13.6. The largest absolute Gasteiger partial charge is 0.495 e. The lowest BCUT2D eigenvalue weighted by Gasteiger charge is -2.24. The summed E-state index contributed by atoms with van der Waals surface area (Å²) < 4.78 is 190. The van der Waals surface area contributed by atoms with E-state index in [1.807, 2.05) is 0 Å². The first-order valence-electron chi connectivity index (χ1n) is 9.43. The summed E-state index contributed by atoms with van der Waals surface area (Å²) in [6.45, 7) is 0. The predicted molar refractivity (Wildman–Crippen MR) is 103 cm³/mol. The molecule has 0 aromatic heterocycles. The van der Waals surface area contributed by atoms with Crippen molar-refractivity contribution in [3.63, 3.8) is 0 Å². The van der Waals surface area contributed by atoms with Crippen LogP contribution in [0.3, 0.4) is 0 Å². The number of ether oxygens (including phenoxy) is 2. The van der Waals surface area contributed by atoms with Gasteiger partial charge < -0.3 is 9.47 Å². The fourth-order valence-corrected chi connectivity index (χ4v) is 2.65. The zero-order chi connectivity index (χ0) is 29.5. The molecule has 38 heavy (non-hydrogen) atoms. The van der Waals surface area contributed by atoms with E-state index in [0.29, 0.717) is 11.8 Å². The summed E-state index contributed by atoms with van der Waals surface area (Å²) in [5, 5.41) is -0.230. The summed E-state index contributed by atoms with van der Waals surface area (Å²) in [5.74, 6) is -22.0. The molecule has 0 N–H and O–H groups in total. The van der Waals surface area contributed by atoms with Crippen LogP contribution in [0, 0.1) is 23.7 Å². The van der Waals surface area contributed by atoms with Gasteiger partial charge in [-0.2, -0.15) is 61.5 Å². The molecule has 0 spiro atoms. The van der Waals surface area contributed by atoms with Crippen LogP contribution >= 0.6 is 0 Å². The van der Waals surface area contributed by atoms with Gasteiger partial charge in [0, 0.05) is 0 Å². The van der Waals surface area contributed by atoms with Gasteiger partial charge in [0.15, 0.2) is 0 Å². The monoisotopic (exact) mass is 572 g/mol. The van der Waals surface area contributed by atoms with Crippen LogP contribution in [0.2, 0.25) is 0 Å². The Morgan fingerprint density at radius 2 is 0.789 bits per heavy atom. The van der Waals surface area contributed by atoms with Crippen LogP contribution in [-0.4, -0.2) is 50.3 Å². The third-order valence-electron chi connectivity index (χ3n) is 4.69. The minimum Gasteiger partial charge on any atom is -0.495 e. The lowest BCUT2D eigenvalue weighted by atomic mass is 10.0. The molecule has 0 saturated heterocycles. The fourth-order valence-electron chi connectivity index (χ4n) is 2.65. The highest BCUT2D eigenvalue weighted by Gasteiger charge is 2.73. The van der Waals surface area contributed by atoms with Gasteiger partial charge in [0.1, 0.15) is 11.5 Å². The summed E-state index contributed by atoms with van der Waals surface area (Å²) in [6.07, 6.45) is -13.3. The molecule has 2 aromatic rings. The molecule has 0 amide bonds. The fraction of sp³-hybridized carbons (Fsp3) is 0.364. The highest BCUT2D eigenvalue weighted by atomic mass is 19.4. The molecule has 0 aliphatic carbocycles. The molecular formula is C22H10F14O2. The Balaban J connectivity index is 2.69. The van der Waals surface area contributed by atoms with Gasteiger partial charge in [0.25, 0.3) is 0 Å². The van der Waals surface area contributed by atoms with Gasteiger partial charge in [-0.25, -0.2) is 0 Å². The zero-order valence-electron chi connectivity index (χ0n) is 18.4. The van der Waals surface area contributed by atoms with E-state index in [9.17, 15) is 61.5 Å². The predicted octanol–water partition coefficient (Wildman–Crippen LogP) is 7.23. The Bertz CT molecular complexity index is 1230. The first kappa shape index (κ1) is 30.7. The van der Waals surface area contributed by atoms with Crippen LogP contribution < -0.4 is 9.47 Å². The van der Waals surface area contributed by atoms with Gasteiger partial charge in [0.05, 0.1) is 25.3 Å². The molecule has 208 valence electrons. The highest BCUT2D eigenvalue weighted by Crippen LogP contribution is 2.47. The highest BCUT2D eigenvalue weighted by molar-refractivity contribution is 5.89. The van der Waals surface area contributed by atoms with Crippen LogP contribution in [0.4, 0.5) is 61.5 Å². The van der Waals surface area contributed by atoms with E-state index in [-0.39, 0.29) is 10.8 Å². The molecule has 0 aliphatic rings. The molecule has 2 rings (SSSR count). The number of rotatable bonds is 4. The van der Waals surface area contributed by atoms with Crippen molar-refractivity contribution >= 4 is 10.8 Å². The molecule has 0 bridgehead atoms. The zero-order valence-corrected chi connectivity index (χ0v) is 18.4. The number of benzene rings is 2. The average Bonchev–Trinajstić information content (AvgIpc) is 2.78. The number of methoxy groups -OCH3 is 2. The van der Waals surface area contributed by atoms with E-state index in [1.165, 1.54) is 11.8 Å². The van der Waals surface area contributed by atoms with E-state index in [4.69, 9.17) is 9.47 Å². The SMILES string of the molecule is COc1cc2cc(OC)c(C#CC(F)(F)C(F)(F)C(F)(F)F)cc2cc1C#CC(F)(F)C(F)(F)C(F)(F)F. The third kappa shape index (κ3) is 5.49. The second kappa shape index (κ2) is 9.63. The Hall–Kier alpha value is -3.56. The van der Waals surface area contributed by atoms with Gasteiger partial charge in [-0.3, -0.25) is 0 Å². The molecule has 0 atom stereocenters.